The number of carbonyl (C=O) groups is 1. The molecule has 2 fully saturated rings. The number of ether oxygens (including phenoxy) is 1. The van der Waals surface area contributed by atoms with Gasteiger partial charge >= 0.3 is 0 Å². The zero-order valence-corrected chi connectivity index (χ0v) is 22.7. The predicted molar refractivity (Wildman–Crippen MR) is 154 cm³/mol. The second kappa shape index (κ2) is 10.5. The first kappa shape index (κ1) is 25.3. The number of piperazine rings is 1. The van der Waals surface area contributed by atoms with Gasteiger partial charge in [-0.25, -0.2) is 4.98 Å². The summed E-state index contributed by atoms with van der Waals surface area (Å²) >= 11 is 6.75. The Hall–Kier alpha value is -3.37. The summed E-state index contributed by atoms with van der Waals surface area (Å²) in [7, 11) is 1.66. The van der Waals surface area contributed by atoms with Gasteiger partial charge in [0.2, 0.25) is 0 Å². The van der Waals surface area contributed by atoms with Crippen LogP contribution in [0, 0.1) is 0 Å². The Kier molecular flexibility index (Phi) is 7.21. The molecule has 2 aliphatic rings. The fraction of sp³-hybridized carbons (Fsp3) is 0.333. The lowest BCUT2D eigenvalue weighted by molar-refractivity contribution is -0.123. The van der Waals surface area contributed by atoms with Crippen molar-refractivity contribution < 1.29 is 9.53 Å². The minimum atomic E-state index is -0.202. The fourth-order valence-corrected chi connectivity index (χ4v) is 6.05. The Balaban J connectivity index is 1.49. The van der Waals surface area contributed by atoms with Crippen LogP contribution in [-0.4, -0.2) is 63.8 Å². The molecule has 0 radical (unpaired) electrons. The Labute approximate surface area is 225 Å². The largest absolute Gasteiger partial charge is 0.497 e. The molecule has 0 unspecified atom stereocenters. The summed E-state index contributed by atoms with van der Waals surface area (Å²) in [5.41, 5.74) is 1.91. The lowest BCUT2D eigenvalue weighted by atomic mass is 10.2. The summed E-state index contributed by atoms with van der Waals surface area (Å²) < 4.78 is 7.33. The van der Waals surface area contributed by atoms with E-state index in [1.807, 2.05) is 38.1 Å². The number of amides is 1. The maximum atomic E-state index is 13.6. The topological polar surface area (TPSA) is 70.4 Å². The molecule has 2 saturated heterocycles. The minimum Gasteiger partial charge on any atom is -0.497 e. The smallest absolute Gasteiger partial charge is 0.267 e. The van der Waals surface area contributed by atoms with Gasteiger partial charge < -0.3 is 14.5 Å². The van der Waals surface area contributed by atoms with Crippen molar-refractivity contribution in [2.24, 2.45) is 0 Å². The van der Waals surface area contributed by atoms with Crippen LogP contribution in [0.15, 0.2) is 58.4 Å². The van der Waals surface area contributed by atoms with Crippen molar-refractivity contribution in [3.05, 3.63) is 69.5 Å². The van der Waals surface area contributed by atoms with Gasteiger partial charge in [-0.3, -0.25) is 18.9 Å². The quantitative estimate of drug-likeness (QED) is 0.346. The van der Waals surface area contributed by atoms with E-state index >= 15 is 0 Å². The van der Waals surface area contributed by atoms with Crippen LogP contribution in [0.5, 0.6) is 5.75 Å². The normalized spacial score (nSPS) is 18.2. The van der Waals surface area contributed by atoms with Gasteiger partial charge in [0, 0.05) is 44.1 Å². The Bertz CT molecular complexity index is 1430. The molecule has 0 saturated carbocycles. The van der Waals surface area contributed by atoms with E-state index in [2.05, 4.69) is 21.9 Å². The Morgan fingerprint density at radius 1 is 1.08 bits per heavy atom. The van der Waals surface area contributed by atoms with E-state index in [9.17, 15) is 9.59 Å². The summed E-state index contributed by atoms with van der Waals surface area (Å²) in [6.07, 6.45) is 4.18. The molecule has 3 aromatic rings. The molecule has 0 spiro atoms. The molecule has 4 heterocycles. The summed E-state index contributed by atoms with van der Waals surface area (Å²) in [5, 5.41) is 0. The average Bonchev–Trinajstić information content (AvgIpc) is 3.22. The predicted octanol–water partition coefficient (Wildman–Crippen LogP) is 4.03. The number of methoxy groups -OCH3 is 1. The molecule has 37 heavy (non-hydrogen) atoms. The summed E-state index contributed by atoms with van der Waals surface area (Å²) in [4.78, 5) is 38.3. The lowest BCUT2D eigenvalue weighted by Crippen LogP contribution is -2.47. The molecule has 0 N–H and O–H groups in total. The van der Waals surface area contributed by atoms with Crippen molar-refractivity contribution in [3.8, 4) is 5.75 Å². The first-order chi connectivity index (χ1) is 17.9. The van der Waals surface area contributed by atoms with Crippen molar-refractivity contribution in [1.82, 2.24) is 14.3 Å². The van der Waals surface area contributed by atoms with Crippen LogP contribution in [0.3, 0.4) is 0 Å². The van der Waals surface area contributed by atoms with E-state index in [1.165, 1.54) is 16.2 Å². The molecular weight excluding hydrogens is 506 g/mol. The number of fused-ring (bicyclic) bond motifs is 1. The third-order valence-electron chi connectivity index (χ3n) is 6.90. The van der Waals surface area contributed by atoms with Gasteiger partial charge in [0.15, 0.2) is 0 Å². The first-order valence-corrected chi connectivity index (χ1v) is 13.6. The van der Waals surface area contributed by atoms with Crippen molar-refractivity contribution in [1.29, 1.82) is 0 Å². The average molecular weight is 536 g/mol. The van der Waals surface area contributed by atoms with E-state index in [0.717, 1.165) is 30.9 Å². The van der Waals surface area contributed by atoms with Crippen molar-refractivity contribution >= 4 is 57.4 Å². The van der Waals surface area contributed by atoms with E-state index < -0.39 is 0 Å². The van der Waals surface area contributed by atoms with Gasteiger partial charge in [-0.05, 0) is 55.8 Å². The van der Waals surface area contributed by atoms with E-state index in [-0.39, 0.29) is 17.5 Å². The SMILES string of the molecule is CC[C@@H](C)N1C(=O)/C(=C/c2c(N3CCN(c4ccc(OC)cc4)CC3)nc3ccccn3c2=O)SC1=S. The standard InChI is InChI=1S/C27H29N5O3S2/c1-4-18(2)32-26(34)22(37-27(32)36)17-21-24(28-23-7-5-6-12-31(23)25(21)33)30-15-13-29(14-16-30)19-8-10-20(35-3)11-9-19/h5-12,17-18H,4,13-16H2,1-3H3/b22-17-/t18-/m1/s1. The maximum Gasteiger partial charge on any atom is 0.267 e. The number of rotatable bonds is 6. The number of thioether (sulfide) groups is 1. The summed E-state index contributed by atoms with van der Waals surface area (Å²) in [5.74, 6) is 1.27. The van der Waals surface area contributed by atoms with Crippen LogP contribution < -0.4 is 20.1 Å². The molecule has 1 amide bonds. The van der Waals surface area contributed by atoms with E-state index in [4.69, 9.17) is 21.9 Å². The molecule has 0 bridgehead atoms. The van der Waals surface area contributed by atoms with Crippen LogP contribution in [0.1, 0.15) is 25.8 Å². The van der Waals surface area contributed by atoms with E-state index in [0.29, 0.717) is 39.3 Å². The van der Waals surface area contributed by atoms with Crippen LogP contribution >= 0.6 is 24.0 Å². The van der Waals surface area contributed by atoms with Crippen LogP contribution in [0.25, 0.3) is 11.7 Å². The second-order valence-electron chi connectivity index (χ2n) is 9.06. The van der Waals surface area contributed by atoms with Gasteiger partial charge in [-0.2, -0.15) is 0 Å². The number of hydrogen-bond donors (Lipinski definition) is 0. The number of carbonyl (C=O) groups excluding carboxylic acids is 1. The number of pyridine rings is 1. The van der Waals surface area contributed by atoms with Gasteiger partial charge in [0.25, 0.3) is 11.5 Å². The highest BCUT2D eigenvalue weighted by Gasteiger charge is 2.35. The maximum absolute atomic E-state index is 13.6. The van der Waals surface area contributed by atoms with Crippen LogP contribution in [0.4, 0.5) is 11.5 Å². The molecule has 2 aliphatic heterocycles. The zero-order chi connectivity index (χ0) is 26.1. The third kappa shape index (κ3) is 4.83. The van der Waals surface area contributed by atoms with Crippen molar-refractivity contribution in [2.45, 2.75) is 26.3 Å². The second-order valence-corrected chi connectivity index (χ2v) is 10.7. The highest BCUT2D eigenvalue weighted by atomic mass is 32.2. The molecule has 0 aliphatic carbocycles. The number of benzene rings is 1. The monoisotopic (exact) mass is 535 g/mol. The van der Waals surface area contributed by atoms with Crippen molar-refractivity contribution in [3.63, 3.8) is 0 Å². The number of nitrogens with zero attached hydrogens (tertiary/aromatic N) is 5. The van der Waals surface area contributed by atoms with Gasteiger partial charge in [-0.15, -0.1) is 0 Å². The number of aromatic nitrogens is 2. The van der Waals surface area contributed by atoms with Gasteiger partial charge in [0.05, 0.1) is 17.6 Å². The molecule has 10 heteroatoms. The molecule has 1 atom stereocenters. The van der Waals surface area contributed by atoms with Crippen LogP contribution in [-0.2, 0) is 4.79 Å². The Morgan fingerprint density at radius 3 is 2.46 bits per heavy atom. The van der Waals surface area contributed by atoms with E-state index in [1.54, 1.807) is 30.3 Å². The molecule has 2 aromatic heterocycles. The lowest BCUT2D eigenvalue weighted by Gasteiger charge is -2.37. The number of hydrogen-bond acceptors (Lipinski definition) is 8. The first-order valence-electron chi connectivity index (χ1n) is 12.3. The Morgan fingerprint density at radius 2 is 1.78 bits per heavy atom. The molecule has 192 valence electrons. The number of anilines is 2. The zero-order valence-electron chi connectivity index (χ0n) is 21.1. The summed E-state index contributed by atoms with van der Waals surface area (Å²) in [6, 6.07) is 13.5. The van der Waals surface area contributed by atoms with Crippen molar-refractivity contribution in [2.75, 3.05) is 43.1 Å². The highest BCUT2D eigenvalue weighted by Crippen LogP contribution is 2.35. The molecule has 8 nitrogen and oxygen atoms in total. The van der Waals surface area contributed by atoms with Gasteiger partial charge in [0.1, 0.15) is 21.5 Å². The van der Waals surface area contributed by atoms with Gasteiger partial charge in [-0.1, -0.05) is 37.0 Å². The highest BCUT2D eigenvalue weighted by molar-refractivity contribution is 8.26. The molecule has 1 aromatic carbocycles. The minimum absolute atomic E-state index is 0.000252. The third-order valence-corrected chi connectivity index (χ3v) is 8.23. The van der Waals surface area contributed by atoms with Crippen LogP contribution in [0.2, 0.25) is 0 Å². The number of thiocarbonyl (C=S) groups is 1. The fourth-order valence-electron chi connectivity index (χ4n) is 4.60. The molecular formula is C27H29N5O3S2. The molecule has 5 rings (SSSR count). The summed E-state index contributed by atoms with van der Waals surface area (Å²) in [6.45, 7) is 6.94.